The zero-order valence-electron chi connectivity index (χ0n) is 26.7. The van der Waals surface area contributed by atoms with E-state index in [-0.39, 0.29) is 23.3 Å². The molecule has 2 heterocycles. The van der Waals surface area contributed by atoms with Gasteiger partial charge < -0.3 is 69.3 Å². The van der Waals surface area contributed by atoms with Gasteiger partial charge in [-0.25, -0.2) is 9.59 Å². The lowest BCUT2D eigenvalue weighted by molar-refractivity contribution is -0.276. The highest BCUT2D eigenvalue weighted by molar-refractivity contribution is 5.74. The molecule has 0 amide bonds. The van der Waals surface area contributed by atoms with E-state index in [1.807, 2.05) is 25.1 Å². The number of methoxy groups -OCH3 is 2. The van der Waals surface area contributed by atoms with Gasteiger partial charge in [0.2, 0.25) is 12.6 Å². The molecule has 0 radical (unpaired) electrons. The van der Waals surface area contributed by atoms with Gasteiger partial charge in [0, 0.05) is 0 Å². The lowest BCUT2D eigenvalue weighted by Crippen LogP contribution is -2.61. The van der Waals surface area contributed by atoms with E-state index < -0.39 is 73.4 Å². The van der Waals surface area contributed by atoms with Gasteiger partial charge in [0.05, 0.1) is 14.2 Å². The maximum atomic E-state index is 11.7. The number of rotatable bonds is 13. The molecule has 2 fully saturated rings. The molecule has 8 N–H and O–H groups in total. The van der Waals surface area contributed by atoms with Crippen molar-refractivity contribution in [1.29, 1.82) is 0 Å². The molecule has 12 unspecified atom stereocenters. The molecule has 12 atom stereocenters. The van der Waals surface area contributed by atoms with Gasteiger partial charge in [-0.1, -0.05) is 26.0 Å². The number of benzene rings is 2. The standard InChI is InChI=1S/C32H42O16/c1-13(9-15-5-7-17(43-3)19(11-15)44-4)14(2)10-16-6-8-18(45-31-25(37)21(33)23(35)27(47-31)29(39)40)20(12-16)46-32-26(38)22(34)24(36)28(48-32)30(41)42/h5-8,11-14,21-28,31-38H,9-10H2,1-4H3,(H,39,40)(H,41,42). The van der Waals surface area contributed by atoms with Gasteiger partial charge in [-0.2, -0.15) is 0 Å². The van der Waals surface area contributed by atoms with E-state index in [1.54, 1.807) is 20.3 Å². The maximum absolute atomic E-state index is 11.7. The van der Waals surface area contributed by atoms with E-state index in [0.717, 1.165) is 5.56 Å². The minimum atomic E-state index is -1.97. The highest BCUT2D eigenvalue weighted by Gasteiger charge is 2.50. The molecule has 4 rings (SSSR count). The Morgan fingerprint density at radius 3 is 1.42 bits per heavy atom. The summed E-state index contributed by atoms with van der Waals surface area (Å²) in [5, 5.41) is 80.6. The smallest absolute Gasteiger partial charge is 0.335 e. The van der Waals surface area contributed by atoms with Crippen LogP contribution in [-0.2, 0) is 31.9 Å². The average molecular weight is 683 g/mol. The predicted molar refractivity (Wildman–Crippen MR) is 162 cm³/mol. The van der Waals surface area contributed by atoms with E-state index in [1.165, 1.54) is 12.1 Å². The zero-order chi connectivity index (χ0) is 35.4. The normalized spacial score (nSPS) is 31.7. The van der Waals surface area contributed by atoms with Gasteiger partial charge in [0.25, 0.3) is 0 Å². The number of carboxylic acids is 2. The third-order valence-electron chi connectivity index (χ3n) is 8.66. The Hall–Kier alpha value is -3.74. The fraction of sp³-hybridized carbons (Fsp3) is 0.562. The third kappa shape index (κ3) is 8.10. The Bertz CT molecular complexity index is 1420. The van der Waals surface area contributed by atoms with Crippen molar-refractivity contribution in [3.63, 3.8) is 0 Å². The molecule has 16 heteroatoms. The predicted octanol–water partition coefficient (Wildman–Crippen LogP) is -0.697. The van der Waals surface area contributed by atoms with Gasteiger partial charge >= 0.3 is 11.9 Å². The van der Waals surface area contributed by atoms with Crippen molar-refractivity contribution in [3.05, 3.63) is 47.5 Å². The molecule has 266 valence electrons. The Kier molecular flexibility index (Phi) is 12.1. The fourth-order valence-electron chi connectivity index (χ4n) is 5.57. The average Bonchev–Trinajstić information content (AvgIpc) is 3.05. The number of aliphatic hydroxyl groups is 6. The molecule has 2 aromatic rings. The molecule has 48 heavy (non-hydrogen) atoms. The first kappa shape index (κ1) is 37.1. The van der Waals surface area contributed by atoms with Crippen LogP contribution in [0.15, 0.2) is 36.4 Å². The van der Waals surface area contributed by atoms with Crippen molar-refractivity contribution in [3.8, 4) is 23.0 Å². The van der Waals surface area contributed by atoms with Crippen LogP contribution in [0.1, 0.15) is 25.0 Å². The summed E-state index contributed by atoms with van der Waals surface area (Å²) in [6, 6.07) is 10.2. The molecule has 0 spiro atoms. The van der Waals surface area contributed by atoms with Gasteiger partial charge in [-0.05, 0) is 60.1 Å². The van der Waals surface area contributed by atoms with E-state index in [2.05, 4.69) is 6.92 Å². The summed E-state index contributed by atoms with van der Waals surface area (Å²) >= 11 is 0. The molecule has 0 aromatic heterocycles. The van der Waals surface area contributed by atoms with Gasteiger partial charge in [0.15, 0.2) is 35.2 Å². The summed E-state index contributed by atoms with van der Waals surface area (Å²) in [6.45, 7) is 4.10. The Morgan fingerprint density at radius 2 is 1.00 bits per heavy atom. The topological polar surface area (TPSA) is 251 Å². The summed E-state index contributed by atoms with van der Waals surface area (Å²) < 4.78 is 32.7. The first-order valence-electron chi connectivity index (χ1n) is 15.2. The summed E-state index contributed by atoms with van der Waals surface area (Å²) in [6.07, 6.45) is -18.1. The van der Waals surface area contributed by atoms with Crippen molar-refractivity contribution < 1.29 is 78.9 Å². The van der Waals surface area contributed by atoms with Crippen LogP contribution in [-0.4, -0.2) is 128 Å². The van der Waals surface area contributed by atoms with E-state index in [4.69, 9.17) is 28.4 Å². The first-order chi connectivity index (χ1) is 22.7. The highest BCUT2D eigenvalue weighted by atomic mass is 16.7. The largest absolute Gasteiger partial charge is 0.493 e. The molecule has 0 saturated carbocycles. The van der Waals surface area contributed by atoms with Crippen molar-refractivity contribution in [2.45, 2.75) is 88.1 Å². The fourth-order valence-corrected chi connectivity index (χ4v) is 5.57. The van der Waals surface area contributed by atoms with E-state index in [9.17, 15) is 50.4 Å². The van der Waals surface area contributed by atoms with Gasteiger partial charge in [-0.15, -0.1) is 0 Å². The molecule has 2 saturated heterocycles. The van der Waals surface area contributed by atoms with Crippen molar-refractivity contribution in [2.24, 2.45) is 11.8 Å². The lowest BCUT2D eigenvalue weighted by atomic mass is 9.85. The molecule has 2 aliphatic rings. The van der Waals surface area contributed by atoms with Crippen LogP contribution in [0.25, 0.3) is 0 Å². The number of hydrogen-bond donors (Lipinski definition) is 8. The summed E-state index contributed by atoms with van der Waals surface area (Å²) in [4.78, 5) is 23.3. The number of ether oxygens (including phenoxy) is 6. The Morgan fingerprint density at radius 1 is 0.604 bits per heavy atom. The minimum Gasteiger partial charge on any atom is -0.493 e. The number of carboxylic acid groups (broad SMARTS) is 2. The Balaban J connectivity index is 1.60. The van der Waals surface area contributed by atoms with Crippen LogP contribution >= 0.6 is 0 Å². The van der Waals surface area contributed by atoms with Crippen molar-refractivity contribution in [2.75, 3.05) is 14.2 Å². The quantitative estimate of drug-likeness (QED) is 0.130. The molecule has 2 aliphatic heterocycles. The van der Waals surface area contributed by atoms with Crippen LogP contribution in [0, 0.1) is 11.8 Å². The van der Waals surface area contributed by atoms with Crippen molar-refractivity contribution in [1.82, 2.24) is 0 Å². The van der Waals surface area contributed by atoms with Crippen LogP contribution < -0.4 is 18.9 Å². The number of aliphatic hydroxyl groups excluding tert-OH is 6. The minimum absolute atomic E-state index is 0.0686. The van der Waals surface area contributed by atoms with Crippen molar-refractivity contribution >= 4 is 11.9 Å². The van der Waals surface area contributed by atoms with E-state index >= 15 is 0 Å². The van der Waals surface area contributed by atoms with Crippen LogP contribution in [0.4, 0.5) is 0 Å². The number of aliphatic carboxylic acids is 2. The third-order valence-corrected chi connectivity index (χ3v) is 8.66. The van der Waals surface area contributed by atoms with Gasteiger partial charge in [-0.3, -0.25) is 0 Å². The van der Waals surface area contributed by atoms with Gasteiger partial charge in [0.1, 0.15) is 36.6 Å². The molecule has 2 aromatic carbocycles. The summed E-state index contributed by atoms with van der Waals surface area (Å²) in [7, 11) is 3.11. The highest BCUT2D eigenvalue weighted by Crippen LogP contribution is 2.36. The second kappa shape index (κ2) is 15.7. The summed E-state index contributed by atoms with van der Waals surface area (Å²) in [5.74, 6) is -2.25. The molecule has 0 aliphatic carbocycles. The zero-order valence-corrected chi connectivity index (χ0v) is 26.7. The monoisotopic (exact) mass is 682 g/mol. The van der Waals surface area contributed by atoms with Crippen LogP contribution in [0.5, 0.6) is 23.0 Å². The maximum Gasteiger partial charge on any atom is 0.335 e. The molecular weight excluding hydrogens is 640 g/mol. The lowest BCUT2D eigenvalue weighted by Gasteiger charge is -2.40. The molecule has 16 nitrogen and oxygen atoms in total. The Labute approximate surface area is 275 Å². The SMILES string of the molecule is COc1ccc(CC(C)C(C)Cc2ccc(OC3OC(C(=O)O)C(O)C(O)C3O)c(OC3OC(C(=O)O)C(O)C(O)C3O)c2)cc1OC. The van der Waals surface area contributed by atoms with Crippen LogP contribution in [0.3, 0.4) is 0 Å². The second-order valence-corrected chi connectivity index (χ2v) is 12.0. The number of hydrogen-bond acceptors (Lipinski definition) is 14. The number of carbonyl (C=O) groups is 2. The molecular formula is C32H42O16. The summed E-state index contributed by atoms with van der Waals surface area (Å²) in [5.41, 5.74) is 1.70. The second-order valence-electron chi connectivity index (χ2n) is 12.0. The van der Waals surface area contributed by atoms with Crippen LogP contribution in [0.2, 0.25) is 0 Å². The first-order valence-corrected chi connectivity index (χ1v) is 15.2. The van der Waals surface area contributed by atoms with E-state index in [0.29, 0.717) is 29.9 Å². The molecule has 0 bridgehead atoms.